The van der Waals surface area contributed by atoms with E-state index < -0.39 is 6.10 Å². The van der Waals surface area contributed by atoms with Crippen molar-refractivity contribution in [2.75, 3.05) is 0 Å². The molecule has 0 aliphatic carbocycles. The van der Waals surface area contributed by atoms with Crippen LogP contribution in [-0.2, 0) is 0 Å². The molecule has 1 atom stereocenters. The van der Waals surface area contributed by atoms with Gasteiger partial charge in [-0.1, -0.05) is 17.7 Å². The van der Waals surface area contributed by atoms with Crippen LogP contribution in [0.25, 0.3) is 0 Å². The topological polar surface area (TPSA) is 33.4 Å². The molecule has 90 valence electrons. The molecule has 0 amide bonds. The van der Waals surface area contributed by atoms with Gasteiger partial charge in [0, 0.05) is 10.6 Å². The molecule has 1 aromatic carbocycles. The van der Waals surface area contributed by atoms with Crippen LogP contribution in [0.4, 0.5) is 0 Å². The Morgan fingerprint density at radius 1 is 1.12 bits per heavy atom. The molecule has 1 N–H and O–H groups in total. The van der Waals surface area contributed by atoms with E-state index in [2.05, 4.69) is 0 Å². The van der Waals surface area contributed by atoms with Gasteiger partial charge >= 0.3 is 0 Å². The first kappa shape index (κ1) is 12.2. The maximum Gasteiger partial charge on any atom is 0.108 e. The standard InChI is InChI=1S/C14H15ClO2/c1-8-7-13(15)9(2)6-12(8)14(16)11-4-5-17-10(11)3/h4-7,14,16H,1-3H3. The van der Waals surface area contributed by atoms with Crippen LogP contribution in [0.3, 0.4) is 0 Å². The second-order valence-electron chi connectivity index (χ2n) is 4.29. The first-order valence-corrected chi connectivity index (χ1v) is 5.87. The summed E-state index contributed by atoms with van der Waals surface area (Å²) in [6.07, 6.45) is 0.927. The number of aliphatic hydroxyl groups is 1. The van der Waals surface area contributed by atoms with Crippen LogP contribution in [0.15, 0.2) is 28.9 Å². The van der Waals surface area contributed by atoms with Gasteiger partial charge in [0.05, 0.1) is 6.26 Å². The molecule has 0 aliphatic heterocycles. The third kappa shape index (κ3) is 2.24. The average Bonchev–Trinajstić information content (AvgIpc) is 2.69. The van der Waals surface area contributed by atoms with Gasteiger partial charge in [0.2, 0.25) is 0 Å². The van der Waals surface area contributed by atoms with Gasteiger partial charge in [0.25, 0.3) is 0 Å². The van der Waals surface area contributed by atoms with E-state index in [-0.39, 0.29) is 0 Å². The lowest BCUT2D eigenvalue weighted by Crippen LogP contribution is -2.03. The number of aryl methyl sites for hydroxylation is 3. The molecule has 2 nitrogen and oxygen atoms in total. The first-order valence-electron chi connectivity index (χ1n) is 5.49. The lowest BCUT2D eigenvalue weighted by molar-refractivity contribution is 0.217. The maximum atomic E-state index is 10.4. The molecule has 0 fully saturated rings. The van der Waals surface area contributed by atoms with Crippen LogP contribution in [0.1, 0.15) is 34.1 Å². The lowest BCUT2D eigenvalue weighted by Gasteiger charge is -2.15. The van der Waals surface area contributed by atoms with Gasteiger partial charge in [-0.2, -0.15) is 0 Å². The molecule has 0 bridgehead atoms. The molecule has 3 heteroatoms. The zero-order chi connectivity index (χ0) is 12.6. The van der Waals surface area contributed by atoms with E-state index >= 15 is 0 Å². The second kappa shape index (κ2) is 4.55. The molecule has 1 aromatic heterocycles. The van der Waals surface area contributed by atoms with E-state index in [0.717, 1.165) is 33.0 Å². The van der Waals surface area contributed by atoms with E-state index in [9.17, 15) is 5.11 Å². The number of hydrogen-bond donors (Lipinski definition) is 1. The summed E-state index contributed by atoms with van der Waals surface area (Å²) < 4.78 is 5.21. The zero-order valence-electron chi connectivity index (χ0n) is 10.1. The Hall–Kier alpha value is -1.25. The minimum atomic E-state index is -0.662. The number of hydrogen-bond acceptors (Lipinski definition) is 2. The summed E-state index contributed by atoms with van der Waals surface area (Å²) in [6.45, 7) is 5.72. The van der Waals surface area contributed by atoms with Gasteiger partial charge in [-0.3, -0.25) is 0 Å². The Morgan fingerprint density at radius 2 is 1.82 bits per heavy atom. The van der Waals surface area contributed by atoms with Crippen molar-refractivity contribution in [1.29, 1.82) is 0 Å². The van der Waals surface area contributed by atoms with Crippen molar-refractivity contribution < 1.29 is 9.52 Å². The molecule has 1 heterocycles. The summed E-state index contributed by atoms with van der Waals surface area (Å²) in [7, 11) is 0. The highest BCUT2D eigenvalue weighted by atomic mass is 35.5. The molecule has 2 rings (SSSR count). The predicted molar refractivity (Wildman–Crippen MR) is 68.4 cm³/mol. The number of rotatable bonds is 2. The van der Waals surface area contributed by atoms with Crippen LogP contribution < -0.4 is 0 Å². The summed E-state index contributed by atoms with van der Waals surface area (Å²) in [5, 5.41) is 11.1. The summed E-state index contributed by atoms with van der Waals surface area (Å²) in [6, 6.07) is 5.60. The van der Waals surface area contributed by atoms with Crippen molar-refractivity contribution in [1.82, 2.24) is 0 Å². The monoisotopic (exact) mass is 250 g/mol. The number of halogens is 1. The SMILES string of the molecule is Cc1cc(C(O)c2ccoc2C)c(C)cc1Cl. The van der Waals surface area contributed by atoms with Gasteiger partial charge in [0.1, 0.15) is 11.9 Å². The van der Waals surface area contributed by atoms with Gasteiger partial charge < -0.3 is 9.52 Å². The fourth-order valence-electron chi connectivity index (χ4n) is 1.94. The highest BCUT2D eigenvalue weighted by Gasteiger charge is 2.17. The predicted octanol–water partition coefficient (Wildman–Crippen LogP) is 3.94. The van der Waals surface area contributed by atoms with Crippen molar-refractivity contribution in [3.8, 4) is 0 Å². The summed E-state index contributed by atoms with van der Waals surface area (Å²) in [4.78, 5) is 0. The van der Waals surface area contributed by atoms with Crippen LogP contribution >= 0.6 is 11.6 Å². The third-order valence-electron chi connectivity index (χ3n) is 3.04. The minimum absolute atomic E-state index is 0.662. The van der Waals surface area contributed by atoms with Crippen LogP contribution in [0, 0.1) is 20.8 Å². The number of aliphatic hydroxyl groups excluding tert-OH is 1. The fraction of sp³-hybridized carbons (Fsp3) is 0.286. The van der Waals surface area contributed by atoms with Crippen molar-refractivity contribution in [2.24, 2.45) is 0 Å². The van der Waals surface area contributed by atoms with E-state index in [1.54, 1.807) is 12.3 Å². The van der Waals surface area contributed by atoms with Crippen LogP contribution in [-0.4, -0.2) is 5.11 Å². The number of furan rings is 1. The summed E-state index contributed by atoms with van der Waals surface area (Å²) >= 11 is 6.05. The molecule has 17 heavy (non-hydrogen) atoms. The Bertz CT molecular complexity index is 543. The molecule has 0 saturated heterocycles. The summed E-state index contributed by atoms with van der Waals surface area (Å²) in [5.41, 5.74) is 3.62. The van der Waals surface area contributed by atoms with Gasteiger partial charge in [-0.15, -0.1) is 0 Å². The van der Waals surface area contributed by atoms with Gasteiger partial charge in [-0.05, 0) is 49.6 Å². The first-order chi connectivity index (χ1) is 8.00. The highest BCUT2D eigenvalue weighted by molar-refractivity contribution is 6.31. The second-order valence-corrected chi connectivity index (χ2v) is 4.70. The number of benzene rings is 1. The molecule has 1 unspecified atom stereocenters. The molecule has 0 spiro atoms. The van der Waals surface area contributed by atoms with E-state index in [1.165, 1.54) is 0 Å². The lowest BCUT2D eigenvalue weighted by atomic mass is 9.96. The smallest absolute Gasteiger partial charge is 0.108 e. The highest BCUT2D eigenvalue weighted by Crippen LogP contribution is 2.30. The van der Waals surface area contributed by atoms with E-state index in [1.807, 2.05) is 32.9 Å². The van der Waals surface area contributed by atoms with Crippen LogP contribution in [0.2, 0.25) is 5.02 Å². The molecule has 0 aliphatic rings. The van der Waals surface area contributed by atoms with Gasteiger partial charge in [-0.25, -0.2) is 0 Å². The molecule has 0 radical (unpaired) electrons. The normalized spacial score (nSPS) is 12.8. The van der Waals surface area contributed by atoms with E-state index in [0.29, 0.717) is 0 Å². The molecule has 0 saturated carbocycles. The molecular formula is C14H15ClO2. The van der Waals surface area contributed by atoms with Crippen molar-refractivity contribution >= 4 is 11.6 Å². The Labute approximate surface area is 106 Å². The third-order valence-corrected chi connectivity index (χ3v) is 3.44. The Balaban J connectivity index is 2.48. The average molecular weight is 251 g/mol. The Morgan fingerprint density at radius 3 is 2.41 bits per heavy atom. The van der Waals surface area contributed by atoms with Gasteiger partial charge in [0.15, 0.2) is 0 Å². The Kier molecular flexibility index (Phi) is 3.27. The fourth-order valence-corrected chi connectivity index (χ4v) is 2.16. The van der Waals surface area contributed by atoms with Crippen molar-refractivity contribution in [2.45, 2.75) is 26.9 Å². The maximum absolute atomic E-state index is 10.4. The van der Waals surface area contributed by atoms with Crippen molar-refractivity contribution in [3.05, 3.63) is 57.5 Å². The quantitative estimate of drug-likeness (QED) is 0.876. The largest absolute Gasteiger partial charge is 0.469 e. The van der Waals surface area contributed by atoms with Crippen molar-refractivity contribution in [3.63, 3.8) is 0 Å². The minimum Gasteiger partial charge on any atom is -0.469 e. The molecular weight excluding hydrogens is 236 g/mol. The summed E-state index contributed by atoms with van der Waals surface area (Å²) in [5.74, 6) is 0.740. The molecule has 2 aromatic rings. The van der Waals surface area contributed by atoms with Crippen LogP contribution in [0.5, 0.6) is 0 Å². The zero-order valence-corrected chi connectivity index (χ0v) is 10.9. The van der Waals surface area contributed by atoms with E-state index in [4.69, 9.17) is 16.0 Å².